The first kappa shape index (κ1) is 13.0. The van der Waals surface area contributed by atoms with Crippen molar-refractivity contribution in [3.63, 3.8) is 0 Å². The Kier molecular flexibility index (Phi) is 3.54. The highest BCUT2D eigenvalue weighted by Crippen LogP contribution is 2.45. The van der Waals surface area contributed by atoms with Gasteiger partial charge in [0.05, 0.1) is 17.9 Å². The summed E-state index contributed by atoms with van der Waals surface area (Å²) in [7, 11) is 0. The van der Waals surface area contributed by atoms with Gasteiger partial charge < -0.3 is 9.84 Å². The molecule has 0 radical (unpaired) electrons. The van der Waals surface area contributed by atoms with Crippen molar-refractivity contribution in [2.45, 2.75) is 50.2 Å². The Hall–Kier alpha value is -1.00. The number of aliphatic hydroxyl groups is 1. The number of halogens is 1. The van der Waals surface area contributed by atoms with Crippen LogP contribution in [0, 0.1) is 11.7 Å². The average molecular weight is 265 g/mol. The minimum absolute atomic E-state index is 0.0232. The Morgan fingerprint density at radius 2 is 2.16 bits per heavy atom. The largest absolute Gasteiger partial charge is 0.388 e. The summed E-state index contributed by atoms with van der Waals surface area (Å²) in [5.74, 6) is -0.241. The normalized spacial score (nSPS) is 27.6. The van der Waals surface area contributed by atoms with Gasteiger partial charge in [0.15, 0.2) is 0 Å². The van der Waals surface area contributed by atoms with E-state index in [0.29, 0.717) is 12.2 Å². The zero-order chi connectivity index (χ0) is 13.3. The van der Waals surface area contributed by atoms with Gasteiger partial charge in [-0.2, -0.15) is 0 Å². The number of aliphatic hydroxyl groups excluding tert-OH is 1. The Morgan fingerprint density at radius 3 is 2.89 bits per heavy atom. The Balaban J connectivity index is 1.74. The second-order valence-corrected chi connectivity index (χ2v) is 5.87. The molecule has 1 aliphatic carbocycles. The fourth-order valence-corrected chi connectivity index (χ4v) is 3.57. The van der Waals surface area contributed by atoms with Gasteiger partial charge in [-0.15, -0.1) is 0 Å². The summed E-state index contributed by atoms with van der Waals surface area (Å²) in [4.78, 5) is 3.82. The maximum absolute atomic E-state index is 13.2. The van der Waals surface area contributed by atoms with E-state index in [2.05, 4.69) is 4.98 Å². The van der Waals surface area contributed by atoms with Gasteiger partial charge >= 0.3 is 0 Å². The third-order valence-electron chi connectivity index (χ3n) is 4.56. The van der Waals surface area contributed by atoms with Gasteiger partial charge in [-0.25, -0.2) is 4.39 Å². The van der Waals surface area contributed by atoms with E-state index >= 15 is 0 Å². The van der Waals surface area contributed by atoms with Gasteiger partial charge in [0.1, 0.15) is 5.82 Å². The zero-order valence-corrected chi connectivity index (χ0v) is 11.0. The van der Waals surface area contributed by atoms with E-state index in [0.717, 1.165) is 25.7 Å². The molecule has 1 aromatic heterocycles. The molecule has 1 aromatic rings. The van der Waals surface area contributed by atoms with Gasteiger partial charge in [-0.3, -0.25) is 4.98 Å². The van der Waals surface area contributed by atoms with Gasteiger partial charge in [0.2, 0.25) is 0 Å². The number of hydrogen-bond acceptors (Lipinski definition) is 3. The van der Waals surface area contributed by atoms with Crippen molar-refractivity contribution in [2.75, 3.05) is 6.61 Å². The van der Waals surface area contributed by atoms with Crippen molar-refractivity contribution in [3.05, 3.63) is 29.8 Å². The van der Waals surface area contributed by atoms with Crippen LogP contribution in [0.5, 0.6) is 0 Å². The number of rotatable bonds is 2. The van der Waals surface area contributed by atoms with Crippen molar-refractivity contribution >= 4 is 0 Å². The maximum Gasteiger partial charge on any atom is 0.141 e. The standard InChI is InChI=1S/C15H20FNO2/c16-13-7-12(9-17-10-13)14(18)11-3-6-19-15(8-11)4-1-2-5-15/h7,9-11,14,18H,1-6,8H2. The first-order valence-corrected chi connectivity index (χ1v) is 7.11. The highest BCUT2D eigenvalue weighted by Gasteiger charge is 2.42. The minimum Gasteiger partial charge on any atom is -0.388 e. The van der Waals surface area contributed by atoms with E-state index in [1.54, 1.807) is 6.20 Å². The van der Waals surface area contributed by atoms with E-state index in [-0.39, 0.29) is 17.3 Å². The highest BCUT2D eigenvalue weighted by molar-refractivity contribution is 5.15. The van der Waals surface area contributed by atoms with Crippen LogP contribution in [0.25, 0.3) is 0 Å². The van der Waals surface area contributed by atoms with Crippen molar-refractivity contribution in [1.82, 2.24) is 4.98 Å². The molecule has 0 aromatic carbocycles. The second kappa shape index (κ2) is 5.17. The van der Waals surface area contributed by atoms with E-state index in [1.807, 2.05) is 0 Å². The summed E-state index contributed by atoms with van der Waals surface area (Å²) in [6.45, 7) is 0.699. The maximum atomic E-state index is 13.2. The van der Waals surface area contributed by atoms with E-state index < -0.39 is 6.10 Å². The lowest BCUT2D eigenvalue weighted by atomic mass is 9.80. The van der Waals surface area contributed by atoms with E-state index in [1.165, 1.54) is 25.1 Å². The number of hydrogen-bond donors (Lipinski definition) is 1. The van der Waals surface area contributed by atoms with Crippen LogP contribution in [0.3, 0.4) is 0 Å². The lowest BCUT2D eigenvalue weighted by Crippen LogP contribution is -2.39. The smallest absolute Gasteiger partial charge is 0.141 e. The molecule has 0 bridgehead atoms. The van der Waals surface area contributed by atoms with Crippen LogP contribution in [0.15, 0.2) is 18.5 Å². The van der Waals surface area contributed by atoms with Gasteiger partial charge in [0.25, 0.3) is 0 Å². The first-order valence-electron chi connectivity index (χ1n) is 7.11. The van der Waals surface area contributed by atoms with E-state index in [4.69, 9.17) is 4.74 Å². The third kappa shape index (κ3) is 2.65. The Bertz CT molecular complexity index is 446. The molecular weight excluding hydrogens is 245 g/mol. The molecule has 0 amide bonds. The van der Waals surface area contributed by atoms with Crippen LogP contribution in [0.4, 0.5) is 4.39 Å². The number of pyridine rings is 1. The predicted octanol–water partition coefficient (Wildman–Crippen LogP) is 2.99. The topological polar surface area (TPSA) is 42.4 Å². The molecule has 3 nitrogen and oxygen atoms in total. The summed E-state index contributed by atoms with van der Waals surface area (Å²) >= 11 is 0. The molecule has 1 N–H and O–H groups in total. The van der Waals surface area contributed by atoms with Crippen molar-refractivity contribution in [3.8, 4) is 0 Å². The van der Waals surface area contributed by atoms with Crippen LogP contribution < -0.4 is 0 Å². The molecule has 2 aliphatic rings. The molecule has 1 spiro atoms. The molecule has 1 saturated heterocycles. The molecule has 2 fully saturated rings. The van der Waals surface area contributed by atoms with Gasteiger partial charge in [-0.05, 0) is 37.7 Å². The van der Waals surface area contributed by atoms with Crippen LogP contribution in [0.2, 0.25) is 0 Å². The summed E-state index contributed by atoms with van der Waals surface area (Å²) < 4.78 is 19.2. The lowest BCUT2D eigenvalue weighted by molar-refractivity contribution is -0.113. The first-order chi connectivity index (χ1) is 9.19. The zero-order valence-electron chi connectivity index (χ0n) is 11.0. The summed E-state index contributed by atoms with van der Waals surface area (Å²) in [5, 5.41) is 10.5. The molecule has 3 rings (SSSR count). The number of ether oxygens (including phenoxy) is 1. The molecule has 2 unspecified atom stereocenters. The summed E-state index contributed by atoms with van der Waals surface area (Å²) in [6.07, 6.45) is 8.42. The fourth-order valence-electron chi connectivity index (χ4n) is 3.57. The molecule has 2 atom stereocenters. The molecule has 1 saturated carbocycles. The van der Waals surface area contributed by atoms with Crippen molar-refractivity contribution in [1.29, 1.82) is 0 Å². The van der Waals surface area contributed by atoms with Crippen LogP contribution in [-0.4, -0.2) is 22.3 Å². The summed E-state index contributed by atoms with van der Waals surface area (Å²) in [6, 6.07) is 1.38. The van der Waals surface area contributed by atoms with E-state index in [9.17, 15) is 9.50 Å². The van der Waals surface area contributed by atoms with Gasteiger partial charge in [0, 0.05) is 18.4 Å². The van der Waals surface area contributed by atoms with Crippen molar-refractivity contribution in [2.24, 2.45) is 5.92 Å². The number of nitrogens with zero attached hydrogens (tertiary/aromatic N) is 1. The van der Waals surface area contributed by atoms with Crippen molar-refractivity contribution < 1.29 is 14.2 Å². The molecular formula is C15H20FNO2. The van der Waals surface area contributed by atoms with Crippen LogP contribution in [-0.2, 0) is 4.74 Å². The minimum atomic E-state index is -0.635. The Morgan fingerprint density at radius 1 is 1.37 bits per heavy atom. The fraction of sp³-hybridized carbons (Fsp3) is 0.667. The summed E-state index contributed by atoms with van der Waals surface area (Å²) in [5.41, 5.74) is 0.560. The number of aromatic nitrogens is 1. The molecule has 104 valence electrons. The lowest BCUT2D eigenvalue weighted by Gasteiger charge is -2.40. The molecule has 2 heterocycles. The SMILES string of the molecule is OC(c1cncc(F)c1)C1CCOC2(CCCC2)C1. The van der Waals surface area contributed by atoms with Crippen LogP contribution in [0.1, 0.15) is 50.2 Å². The van der Waals surface area contributed by atoms with Gasteiger partial charge in [-0.1, -0.05) is 12.8 Å². The third-order valence-corrected chi connectivity index (χ3v) is 4.56. The monoisotopic (exact) mass is 265 g/mol. The molecule has 19 heavy (non-hydrogen) atoms. The molecule has 1 aliphatic heterocycles. The average Bonchev–Trinajstić information content (AvgIpc) is 2.86. The quantitative estimate of drug-likeness (QED) is 0.894. The Labute approximate surface area is 112 Å². The predicted molar refractivity (Wildman–Crippen MR) is 69.0 cm³/mol. The highest BCUT2D eigenvalue weighted by atomic mass is 19.1. The van der Waals surface area contributed by atoms with Crippen LogP contribution >= 0.6 is 0 Å². The molecule has 4 heteroatoms. The second-order valence-electron chi connectivity index (χ2n) is 5.87.